The Morgan fingerprint density at radius 2 is 2.05 bits per heavy atom. The molecule has 0 bridgehead atoms. The van der Waals surface area contributed by atoms with Crippen LogP contribution in [-0.4, -0.2) is 27.7 Å². The topological polar surface area (TPSA) is 52.3 Å². The number of hydrogen-bond acceptors (Lipinski definition) is 4. The Balaban J connectivity index is 2.31. The first-order valence-electron chi connectivity index (χ1n) is 5.71. The molecule has 0 saturated heterocycles. The van der Waals surface area contributed by atoms with Crippen LogP contribution >= 0.6 is 45.2 Å². The molecule has 2 rings (SSSR count). The molecule has 100 valence electrons. The van der Waals surface area contributed by atoms with Gasteiger partial charge in [-0.3, -0.25) is 0 Å². The zero-order valence-corrected chi connectivity index (χ0v) is 14.6. The third-order valence-corrected chi connectivity index (χ3v) is 3.65. The summed E-state index contributed by atoms with van der Waals surface area (Å²) in [7, 11) is 0. The predicted octanol–water partition coefficient (Wildman–Crippen LogP) is 3.16. The molecule has 0 amide bonds. The monoisotopic (exact) mass is 482 g/mol. The molecule has 0 aliphatic carbocycles. The second kappa shape index (κ2) is 7.17. The lowest BCUT2D eigenvalue weighted by Crippen LogP contribution is -2.02. The van der Waals surface area contributed by atoms with E-state index in [1.165, 1.54) is 0 Å². The highest BCUT2D eigenvalue weighted by molar-refractivity contribution is 14.1. The van der Waals surface area contributed by atoms with Gasteiger partial charge < -0.3 is 4.74 Å². The molecule has 0 atom stereocenters. The molecule has 0 unspecified atom stereocenters. The molecular formula is C12H12I2N4O. The molecule has 0 fully saturated rings. The summed E-state index contributed by atoms with van der Waals surface area (Å²) in [5, 5.41) is 11.7. The molecule has 5 nitrogen and oxygen atoms in total. The Kier molecular flexibility index (Phi) is 5.55. The minimum atomic E-state index is 0.698. The molecule has 0 radical (unpaired) electrons. The van der Waals surface area contributed by atoms with Gasteiger partial charge in [0.15, 0.2) is 0 Å². The van der Waals surface area contributed by atoms with Crippen molar-refractivity contribution >= 4 is 51.4 Å². The molecule has 0 aliphatic rings. The van der Waals surface area contributed by atoms with Crippen LogP contribution in [0.5, 0.6) is 5.75 Å². The Hall–Kier alpha value is -0.710. The number of ether oxygens (including phenoxy) is 1. The van der Waals surface area contributed by atoms with Crippen molar-refractivity contribution in [1.82, 2.24) is 14.9 Å². The van der Waals surface area contributed by atoms with E-state index in [-0.39, 0.29) is 0 Å². The van der Waals surface area contributed by atoms with Crippen molar-refractivity contribution in [3.05, 3.63) is 37.5 Å². The number of nitrogens with zero attached hydrogens (tertiary/aromatic N) is 4. The number of halogens is 2. The van der Waals surface area contributed by atoms with Crippen molar-refractivity contribution in [2.24, 2.45) is 5.10 Å². The molecular weight excluding hydrogens is 470 g/mol. The van der Waals surface area contributed by atoms with E-state index < -0.39 is 0 Å². The standard InChI is InChI=1S/C12H12I2N4O/c1-2-3-19-12-9(4-10(13)5-11(12)14)6-17-18-7-15-16-8-18/h4-8H,2-3H2,1H3/b17-6-. The lowest BCUT2D eigenvalue weighted by molar-refractivity contribution is 0.315. The van der Waals surface area contributed by atoms with Crippen LogP contribution in [0.3, 0.4) is 0 Å². The zero-order chi connectivity index (χ0) is 13.7. The first-order chi connectivity index (χ1) is 9.20. The number of rotatable bonds is 5. The summed E-state index contributed by atoms with van der Waals surface area (Å²) < 4.78 is 9.59. The Labute approximate surface area is 138 Å². The third-order valence-electron chi connectivity index (χ3n) is 2.22. The summed E-state index contributed by atoms with van der Waals surface area (Å²) >= 11 is 4.57. The first kappa shape index (κ1) is 14.7. The maximum Gasteiger partial charge on any atom is 0.141 e. The van der Waals surface area contributed by atoms with Crippen molar-refractivity contribution in [2.45, 2.75) is 13.3 Å². The van der Waals surface area contributed by atoms with Gasteiger partial charge in [-0.15, -0.1) is 10.2 Å². The average molecular weight is 482 g/mol. The van der Waals surface area contributed by atoms with Crippen molar-refractivity contribution in [2.75, 3.05) is 6.61 Å². The molecule has 0 aliphatic heterocycles. The molecule has 19 heavy (non-hydrogen) atoms. The van der Waals surface area contributed by atoms with Gasteiger partial charge in [0.2, 0.25) is 0 Å². The number of benzene rings is 1. The normalized spacial score (nSPS) is 11.1. The van der Waals surface area contributed by atoms with Crippen LogP contribution in [-0.2, 0) is 0 Å². The minimum Gasteiger partial charge on any atom is -0.492 e. The van der Waals surface area contributed by atoms with Crippen molar-refractivity contribution in [3.8, 4) is 5.75 Å². The van der Waals surface area contributed by atoms with Crippen LogP contribution in [0, 0.1) is 7.14 Å². The third kappa shape index (κ3) is 4.13. The fourth-order valence-electron chi connectivity index (χ4n) is 1.42. The zero-order valence-electron chi connectivity index (χ0n) is 10.3. The SMILES string of the molecule is CCCOc1c(I)cc(I)cc1/C=N\n1cnnc1. The van der Waals surface area contributed by atoms with E-state index in [9.17, 15) is 0 Å². The molecule has 2 aromatic rings. The van der Waals surface area contributed by atoms with E-state index >= 15 is 0 Å². The van der Waals surface area contributed by atoms with E-state index in [1.54, 1.807) is 23.5 Å². The van der Waals surface area contributed by atoms with Gasteiger partial charge >= 0.3 is 0 Å². The van der Waals surface area contributed by atoms with Gasteiger partial charge in [-0.2, -0.15) is 5.10 Å². The largest absolute Gasteiger partial charge is 0.492 e. The summed E-state index contributed by atoms with van der Waals surface area (Å²) in [4.78, 5) is 0. The molecule has 0 spiro atoms. The van der Waals surface area contributed by atoms with Gasteiger partial charge in [-0.05, 0) is 63.7 Å². The summed E-state index contributed by atoms with van der Waals surface area (Å²) in [5.41, 5.74) is 0.957. The highest BCUT2D eigenvalue weighted by Gasteiger charge is 2.08. The van der Waals surface area contributed by atoms with E-state index in [0.29, 0.717) is 6.61 Å². The fourth-order valence-corrected chi connectivity index (χ4v) is 3.46. The lowest BCUT2D eigenvalue weighted by atomic mass is 10.2. The maximum absolute atomic E-state index is 5.80. The van der Waals surface area contributed by atoms with Crippen molar-refractivity contribution < 1.29 is 4.74 Å². The molecule has 1 aromatic heterocycles. The Morgan fingerprint density at radius 1 is 1.32 bits per heavy atom. The summed E-state index contributed by atoms with van der Waals surface area (Å²) in [6.45, 7) is 2.79. The van der Waals surface area contributed by atoms with E-state index in [4.69, 9.17) is 4.74 Å². The molecule has 0 N–H and O–H groups in total. The van der Waals surface area contributed by atoms with Crippen molar-refractivity contribution in [3.63, 3.8) is 0 Å². The van der Waals surface area contributed by atoms with Crippen LogP contribution in [0.2, 0.25) is 0 Å². The predicted molar refractivity (Wildman–Crippen MR) is 90.7 cm³/mol. The minimum absolute atomic E-state index is 0.698. The smallest absolute Gasteiger partial charge is 0.141 e. The van der Waals surface area contributed by atoms with Gasteiger partial charge in [0.05, 0.1) is 16.4 Å². The van der Waals surface area contributed by atoms with E-state index in [1.807, 2.05) is 6.07 Å². The Morgan fingerprint density at radius 3 is 2.74 bits per heavy atom. The molecule has 1 heterocycles. The van der Waals surface area contributed by atoms with Gasteiger partial charge in [0.25, 0.3) is 0 Å². The second-order valence-corrected chi connectivity index (χ2v) is 6.15. The summed E-state index contributed by atoms with van der Waals surface area (Å²) in [6.07, 6.45) is 5.83. The quantitative estimate of drug-likeness (QED) is 0.487. The van der Waals surface area contributed by atoms with Crippen LogP contribution in [0.15, 0.2) is 29.9 Å². The molecule has 0 saturated carbocycles. The van der Waals surface area contributed by atoms with Gasteiger partial charge in [-0.25, -0.2) is 4.68 Å². The van der Waals surface area contributed by atoms with Gasteiger partial charge in [0.1, 0.15) is 18.4 Å². The highest BCUT2D eigenvalue weighted by Crippen LogP contribution is 2.27. The number of hydrogen-bond donors (Lipinski definition) is 0. The Bertz CT molecular complexity index is 569. The van der Waals surface area contributed by atoms with Crippen LogP contribution in [0.4, 0.5) is 0 Å². The van der Waals surface area contributed by atoms with E-state index in [2.05, 4.69) is 73.5 Å². The van der Waals surface area contributed by atoms with Gasteiger partial charge in [-0.1, -0.05) is 6.92 Å². The second-order valence-electron chi connectivity index (χ2n) is 3.74. The first-order valence-corrected chi connectivity index (χ1v) is 7.87. The van der Waals surface area contributed by atoms with Crippen LogP contribution < -0.4 is 4.74 Å². The van der Waals surface area contributed by atoms with Gasteiger partial charge in [0, 0.05) is 9.13 Å². The molecule has 7 heteroatoms. The summed E-state index contributed by atoms with van der Waals surface area (Å²) in [5.74, 6) is 0.875. The lowest BCUT2D eigenvalue weighted by Gasteiger charge is -2.11. The number of aromatic nitrogens is 3. The van der Waals surface area contributed by atoms with Crippen LogP contribution in [0.1, 0.15) is 18.9 Å². The summed E-state index contributed by atoms with van der Waals surface area (Å²) in [6, 6.07) is 4.13. The molecule has 1 aromatic carbocycles. The highest BCUT2D eigenvalue weighted by atomic mass is 127. The van der Waals surface area contributed by atoms with Crippen LogP contribution in [0.25, 0.3) is 0 Å². The van der Waals surface area contributed by atoms with Crippen molar-refractivity contribution in [1.29, 1.82) is 0 Å². The fraction of sp³-hybridized carbons (Fsp3) is 0.250. The van der Waals surface area contributed by atoms with E-state index in [0.717, 1.165) is 24.9 Å². The maximum atomic E-state index is 5.80. The average Bonchev–Trinajstić information content (AvgIpc) is 2.88.